The van der Waals surface area contributed by atoms with Crippen molar-refractivity contribution in [3.63, 3.8) is 0 Å². The summed E-state index contributed by atoms with van der Waals surface area (Å²) in [6.07, 6.45) is 1.90. The van der Waals surface area contributed by atoms with E-state index in [0.717, 1.165) is 17.7 Å². The molecule has 3 heteroatoms. The molecule has 0 fully saturated rings. The minimum absolute atomic E-state index is 0.498. The standard InChI is InChI=1S/C17H17NO2/c19-16(20)17(12-13-6-2-1-3-7-13)11-10-14-8-4-5-9-15(14)18-17/h1-9,18H,10-12H2,(H,19,20). The molecule has 1 aliphatic heterocycles. The van der Waals surface area contributed by atoms with Gasteiger partial charge in [0.25, 0.3) is 0 Å². The lowest BCUT2D eigenvalue weighted by Gasteiger charge is -2.36. The molecule has 2 aromatic rings. The third-order valence-electron chi connectivity index (χ3n) is 3.97. The van der Waals surface area contributed by atoms with Gasteiger partial charge in [0.2, 0.25) is 0 Å². The Balaban J connectivity index is 1.93. The summed E-state index contributed by atoms with van der Waals surface area (Å²) >= 11 is 0. The van der Waals surface area contributed by atoms with Gasteiger partial charge in [0.1, 0.15) is 5.54 Å². The molecule has 0 aliphatic carbocycles. The molecule has 1 aliphatic rings. The van der Waals surface area contributed by atoms with Crippen LogP contribution in [-0.4, -0.2) is 16.6 Å². The van der Waals surface area contributed by atoms with Crippen LogP contribution in [0.4, 0.5) is 5.69 Å². The quantitative estimate of drug-likeness (QED) is 0.898. The third kappa shape index (κ3) is 2.27. The Labute approximate surface area is 118 Å². The summed E-state index contributed by atoms with van der Waals surface area (Å²) in [7, 11) is 0. The highest BCUT2D eigenvalue weighted by Crippen LogP contribution is 2.33. The number of rotatable bonds is 3. The first-order valence-corrected chi connectivity index (χ1v) is 6.83. The molecule has 0 saturated heterocycles. The maximum atomic E-state index is 11.8. The number of carboxylic acid groups (broad SMARTS) is 1. The van der Waals surface area contributed by atoms with Crippen LogP contribution in [0.3, 0.4) is 0 Å². The molecule has 0 bridgehead atoms. The summed E-state index contributed by atoms with van der Waals surface area (Å²) in [5.41, 5.74) is 2.27. The normalized spacial score (nSPS) is 20.8. The second-order valence-electron chi connectivity index (χ2n) is 5.33. The van der Waals surface area contributed by atoms with Crippen molar-refractivity contribution in [2.75, 3.05) is 5.32 Å². The predicted octanol–water partition coefficient (Wildman–Crippen LogP) is 3.11. The highest BCUT2D eigenvalue weighted by Gasteiger charge is 2.41. The monoisotopic (exact) mass is 267 g/mol. The van der Waals surface area contributed by atoms with Crippen LogP contribution < -0.4 is 5.32 Å². The number of hydrogen-bond acceptors (Lipinski definition) is 2. The summed E-state index contributed by atoms with van der Waals surface area (Å²) in [5.74, 6) is -0.782. The molecule has 2 N–H and O–H groups in total. The van der Waals surface area contributed by atoms with Crippen LogP contribution in [-0.2, 0) is 17.6 Å². The predicted molar refractivity (Wildman–Crippen MR) is 78.9 cm³/mol. The molecular weight excluding hydrogens is 250 g/mol. The van der Waals surface area contributed by atoms with Crippen LogP contribution in [0.25, 0.3) is 0 Å². The molecule has 2 aromatic carbocycles. The summed E-state index contributed by atoms with van der Waals surface area (Å²) in [6, 6.07) is 17.7. The van der Waals surface area contributed by atoms with Crippen LogP contribution in [0, 0.1) is 0 Å². The van der Waals surface area contributed by atoms with Crippen LogP contribution in [0.5, 0.6) is 0 Å². The second-order valence-corrected chi connectivity index (χ2v) is 5.33. The molecule has 3 rings (SSSR count). The van der Waals surface area contributed by atoms with Gasteiger partial charge >= 0.3 is 5.97 Å². The van der Waals surface area contributed by atoms with E-state index in [1.54, 1.807) is 0 Å². The Bertz CT molecular complexity index is 624. The minimum Gasteiger partial charge on any atom is -0.479 e. The van der Waals surface area contributed by atoms with Gasteiger partial charge in [0.05, 0.1) is 0 Å². The molecule has 0 saturated carbocycles. The van der Waals surface area contributed by atoms with E-state index in [9.17, 15) is 9.90 Å². The zero-order chi connectivity index (χ0) is 14.0. The van der Waals surface area contributed by atoms with Gasteiger partial charge in [0, 0.05) is 12.1 Å². The lowest BCUT2D eigenvalue weighted by molar-refractivity contribution is -0.142. The second kappa shape index (κ2) is 5.00. The van der Waals surface area contributed by atoms with E-state index in [0.29, 0.717) is 12.8 Å². The average Bonchev–Trinajstić information content (AvgIpc) is 2.48. The fourth-order valence-corrected chi connectivity index (χ4v) is 2.84. The summed E-state index contributed by atoms with van der Waals surface area (Å²) in [6.45, 7) is 0. The number of carboxylic acids is 1. The van der Waals surface area contributed by atoms with Gasteiger partial charge in [-0.25, -0.2) is 4.79 Å². The number of fused-ring (bicyclic) bond motifs is 1. The first-order chi connectivity index (χ1) is 9.70. The molecule has 0 amide bonds. The summed E-state index contributed by atoms with van der Waals surface area (Å²) in [5, 5.41) is 13.0. The van der Waals surface area contributed by atoms with Gasteiger partial charge in [-0.15, -0.1) is 0 Å². The van der Waals surface area contributed by atoms with E-state index in [4.69, 9.17) is 0 Å². The smallest absolute Gasteiger partial charge is 0.329 e. The van der Waals surface area contributed by atoms with E-state index >= 15 is 0 Å². The number of para-hydroxylation sites is 1. The number of carbonyl (C=O) groups is 1. The van der Waals surface area contributed by atoms with Crippen LogP contribution in [0.1, 0.15) is 17.5 Å². The number of aliphatic carboxylic acids is 1. The lowest BCUT2D eigenvalue weighted by atomic mass is 9.81. The van der Waals surface area contributed by atoms with Crippen LogP contribution in [0.15, 0.2) is 54.6 Å². The molecule has 0 radical (unpaired) electrons. The van der Waals surface area contributed by atoms with Crippen molar-refractivity contribution in [3.8, 4) is 0 Å². The Kier molecular flexibility index (Phi) is 3.18. The zero-order valence-electron chi connectivity index (χ0n) is 11.2. The van der Waals surface area contributed by atoms with Gasteiger partial charge in [-0.1, -0.05) is 48.5 Å². The lowest BCUT2D eigenvalue weighted by Crippen LogP contribution is -2.50. The zero-order valence-corrected chi connectivity index (χ0v) is 11.2. The Morgan fingerprint density at radius 1 is 1.10 bits per heavy atom. The van der Waals surface area contributed by atoms with E-state index in [1.807, 2.05) is 48.5 Å². The minimum atomic E-state index is -0.907. The highest BCUT2D eigenvalue weighted by molar-refractivity contribution is 5.84. The van der Waals surface area contributed by atoms with E-state index in [-0.39, 0.29) is 0 Å². The van der Waals surface area contributed by atoms with Gasteiger partial charge in [-0.3, -0.25) is 0 Å². The number of aryl methyl sites for hydroxylation is 1. The van der Waals surface area contributed by atoms with Crippen molar-refractivity contribution in [2.24, 2.45) is 0 Å². The first-order valence-electron chi connectivity index (χ1n) is 6.83. The first kappa shape index (κ1) is 12.7. The molecule has 3 nitrogen and oxygen atoms in total. The molecule has 1 heterocycles. The maximum absolute atomic E-state index is 11.8. The van der Waals surface area contributed by atoms with Crippen molar-refractivity contribution in [2.45, 2.75) is 24.8 Å². The number of benzene rings is 2. The molecular formula is C17H17NO2. The van der Waals surface area contributed by atoms with E-state index in [2.05, 4.69) is 11.4 Å². The van der Waals surface area contributed by atoms with Crippen LogP contribution in [0.2, 0.25) is 0 Å². The van der Waals surface area contributed by atoms with E-state index in [1.165, 1.54) is 5.56 Å². The Morgan fingerprint density at radius 2 is 1.80 bits per heavy atom. The molecule has 1 atom stereocenters. The fourth-order valence-electron chi connectivity index (χ4n) is 2.84. The Morgan fingerprint density at radius 3 is 2.55 bits per heavy atom. The van der Waals surface area contributed by atoms with Gasteiger partial charge in [-0.2, -0.15) is 0 Å². The number of hydrogen-bond donors (Lipinski definition) is 2. The van der Waals surface area contributed by atoms with Crippen molar-refractivity contribution in [3.05, 3.63) is 65.7 Å². The highest BCUT2D eigenvalue weighted by atomic mass is 16.4. The molecule has 0 spiro atoms. The molecule has 0 aromatic heterocycles. The molecule has 20 heavy (non-hydrogen) atoms. The van der Waals surface area contributed by atoms with Crippen molar-refractivity contribution in [1.82, 2.24) is 0 Å². The van der Waals surface area contributed by atoms with Crippen LogP contribution >= 0.6 is 0 Å². The number of anilines is 1. The maximum Gasteiger partial charge on any atom is 0.329 e. The van der Waals surface area contributed by atoms with Gasteiger partial charge < -0.3 is 10.4 Å². The molecule has 1 unspecified atom stereocenters. The topological polar surface area (TPSA) is 49.3 Å². The Hall–Kier alpha value is -2.29. The van der Waals surface area contributed by atoms with E-state index < -0.39 is 11.5 Å². The van der Waals surface area contributed by atoms with Gasteiger partial charge in [0.15, 0.2) is 0 Å². The fraction of sp³-hybridized carbons (Fsp3) is 0.235. The summed E-state index contributed by atoms with van der Waals surface area (Å²) in [4.78, 5) is 11.8. The molecule has 102 valence electrons. The largest absolute Gasteiger partial charge is 0.479 e. The van der Waals surface area contributed by atoms with Gasteiger partial charge in [-0.05, 0) is 30.0 Å². The SMILES string of the molecule is O=C(O)C1(Cc2ccccc2)CCc2ccccc2N1. The van der Waals surface area contributed by atoms with Crippen molar-refractivity contribution >= 4 is 11.7 Å². The summed E-state index contributed by atoms with van der Waals surface area (Å²) < 4.78 is 0. The van der Waals surface area contributed by atoms with Crippen molar-refractivity contribution < 1.29 is 9.90 Å². The van der Waals surface area contributed by atoms with Crippen molar-refractivity contribution in [1.29, 1.82) is 0 Å². The number of nitrogens with one attached hydrogen (secondary N) is 1. The third-order valence-corrected chi connectivity index (χ3v) is 3.97. The average molecular weight is 267 g/mol.